The van der Waals surface area contributed by atoms with E-state index < -0.39 is 0 Å². The van der Waals surface area contributed by atoms with E-state index in [1.165, 1.54) is 6.07 Å². The molecule has 5 heteroatoms. The second-order valence-electron chi connectivity index (χ2n) is 4.35. The van der Waals surface area contributed by atoms with Gasteiger partial charge < -0.3 is 10.4 Å². The molecule has 0 bridgehead atoms. The zero-order valence-corrected chi connectivity index (χ0v) is 13.6. The summed E-state index contributed by atoms with van der Waals surface area (Å²) in [5.41, 5.74) is 1.07. The van der Waals surface area contributed by atoms with Crippen molar-refractivity contribution >= 4 is 37.8 Å². The predicted molar refractivity (Wildman–Crippen MR) is 80.9 cm³/mol. The third kappa shape index (κ3) is 3.48. The molecule has 0 unspecified atom stereocenters. The molecule has 0 aromatic heterocycles. The van der Waals surface area contributed by atoms with Crippen LogP contribution in [0.4, 0.5) is 0 Å². The monoisotopic (exact) mass is 377 g/mol. The lowest BCUT2D eigenvalue weighted by Gasteiger charge is -2.30. The lowest BCUT2D eigenvalue weighted by atomic mass is 10.00. The van der Waals surface area contributed by atoms with Crippen LogP contribution in [0, 0.1) is 6.92 Å². The molecule has 3 nitrogen and oxygen atoms in total. The summed E-state index contributed by atoms with van der Waals surface area (Å²) >= 11 is 6.88. The number of aryl methyl sites for hydroxylation is 1. The highest BCUT2D eigenvalue weighted by molar-refractivity contribution is 9.09. The summed E-state index contributed by atoms with van der Waals surface area (Å²) in [5, 5.41) is 13.8. The van der Waals surface area contributed by atoms with E-state index in [-0.39, 0.29) is 17.2 Å². The Kier molecular flexibility index (Phi) is 5.66. The number of halogens is 2. The van der Waals surface area contributed by atoms with Crippen LogP contribution in [0.25, 0.3) is 0 Å². The van der Waals surface area contributed by atoms with Crippen LogP contribution in [0.5, 0.6) is 5.75 Å². The maximum atomic E-state index is 12.2. The van der Waals surface area contributed by atoms with Gasteiger partial charge in [-0.3, -0.25) is 4.79 Å². The molecule has 0 atom stereocenters. The van der Waals surface area contributed by atoms with Crippen LogP contribution in [0.3, 0.4) is 0 Å². The van der Waals surface area contributed by atoms with Crippen molar-refractivity contribution in [1.29, 1.82) is 0 Å². The molecule has 100 valence electrons. The Labute approximate surface area is 124 Å². The number of aromatic hydroxyl groups is 1. The number of amides is 1. The fourth-order valence-electron chi connectivity index (χ4n) is 1.59. The zero-order valence-electron chi connectivity index (χ0n) is 10.5. The molecule has 1 amide bonds. The van der Waals surface area contributed by atoms with Crippen LogP contribution in [0.2, 0.25) is 0 Å². The molecule has 2 N–H and O–H groups in total. The summed E-state index contributed by atoms with van der Waals surface area (Å²) in [4.78, 5) is 12.2. The van der Waals surface area contributed by atoms with Crippen LogP contribution in [0.15, 0.2) is 18.2 Å². The largest absolute Gasteiger partial charge is 0.508 e. The molecule has 18 heavy (non-hydrogen) atoms. The van der Waals surface area contributed by atoms with Crippen LogP contribution >= 0.6 is 31.9 Å². The average Bonchev–Trinajstić information content (AvgIpc) is 2.36. The van der Waals surface area contributed by atoms with Gasteiger partial charge in [-0.05, 0) is 37.1 Å². The number of hydrogen-bond acceptors (Lipinski definition) is 2. The van der Waals surface area contributed by atoms with Crippen molar-refractivity contribution in [2.24, 2.45) is 0 Å². The van der Waals surface area contributed by atoms with Crippen molar-refractivity contribution in [3.05, 3.63) is 29.3 Å². The fourth-order valence-corrected chi connectivity index (χ4v) is 3.59. The molecule has 0 aliphatic carbocycles. The Bertz CT molecular complexity index is 423. The lowest BCUT2D eigenvalue weighted by Crippen LogP contribution is -2.51. The van der Waals surface area contributed by atoms with Crippen LogP contribution < -0.4 is 5.32 Å². The van der Waals surface area contributed by atoms with Crippen molar-refractivity contribution in [2.45, 2.75) is 25.8 Å². The first-order chi connectivity index (χ1) is 8.48. The number of alkyl halides is 2. The van der Waals surface area contributed by atoms with E-state index in [2.05, 4.69) is 37.2 Å². The van der Waals surface area contributed by atoms with Gasteiger partial charge in [0.2, 0.25) is 0 Å². The van der Waals surface area contributed by atoms with Gasteiger partial charge in [0, 0.05) is 16.2 Å². The van der Waals surface area contributed by atoms with E-state index in [0.717, 1.165) is 12.0 Å². The van der Waals surface area contributed by atoms with E-state index in [1.54, 1.807) is 12.1 Å². The van der Waals surface area contributed by atoms with Crippen molar-refractivity contribution < 1.29 is 9.90 Å². The minimum atomic E-state index is -0.290. The van der Waals surface area contributed by atoms with E-state index >= 15 is 0 Å². The van der Waals surface area contributed by atoms with Crippen LogP contribution in [-0.2, 0) is 0 Å². The second-order valence-corrected chi connectivity index (χ2v) is 5.48. The van der Waals surface area contributed by atoms with Crippen LogP contribution in [-0.4, -0.2) is 27.2 Å². The quantitative estimate of drug-likeness (QED) is 0.771. The first kappa shape index (κ1) is 15.5. The molecule has 0 fully saturated rings. The highest BCUT2D eigenvalue weighted by atomic mass is 79.9. The van der Waals surface area contributed by atoms with Crippen molar-refractivity contribution in [3.63, 3.8) is 0 Å². The predicted octanol–water partition coefficient (Wildman–Crippen LogP) is 3.37. The van der Waals surface area contributed by atoms with Gasteiger partial charge in [-0.1, -0.05) is 38.8 Å². The van der Waals surface area contributed by atoms with E-state index in [0.29, 0.717) is 16.2 Å². The average molecular weight is 379 g/mol. The number of phenolic OH excluding ortho intramolecular Hbond substituents is 1. The Morgan fingerprint density at radius 3 is 2.44 bits per heavy atom. The van der Waals surface area contributed by atoms with Crippen LogP contribution in [0.1, 0.15) is 29.3 Å². The van der Waals surface area contributed by atoms with Crippen molar-refractivity contribution in [1.82, 2.24) is 5.32 Å². The Hall–Kier alpha value is -0.550. The molecule has 0 saturated carbocycles. The summed E-state index contributed by atoms with van der Waals surface area (Å²) in [6, 6.07) is 4.76. The molecule has 1 aromatic carbocycles. The van der Waals surface area contributed by atoms with Gasteiger partial charge in [-0.25, -0.2) is 0 Å². The summed E-state index contributed by atoms with van der Waals surface area (Å²) in [6.07, 6.45) is 0.826. The Morgan fingerprint density at radius 2 is 2.00 bits per heavy atom. The normalized spacial score (nSPS) is 11.3. The number of phenols is 1. The maximum Gasteiger partial charge on any atom is 0.252 e. The molecule has 1 aromatic rings. The molecule has 0 radical (unpaired) electrons. The minimum Gasteiger partial charge on any atom is -0.508 e. The smallest absolute Gasteiger partial charge is 0.252 e. The number of benzene rings is 1. The number of hydrogen-bond donors (Lipinski definition) is 2. The van der Waals surface area contributed by atoms with E-state index in [9.17, 15) is 9.90 Å². The van der Waals surface area contributed by atoms with Gasteiger partial charge in [0.15, 0.2) is 0 Å². The number of nitrogens with one attached hydrogen (secondary N) is 1. The SMILES string of the molecule is CCC(CBr)(CBr)NC(=O)c1ccc(O)cc1C. The highest BCUT2D eigenvalue weighted by Crippen LogP contribution is 2.20. The zero-order chi connectivity index (χ0) is 13.8. The van der Waals surface area contributed by atoms with Gasteiger partial charge in [0.25, 0.3) is 5.91 Å². The first-order valence-electron chi connectivity index (χ1n) is 5.72. The molecule has 0 aliphatic rings. The standard InChI is InChI=1S/C13H17Br2NO2/c1-3-13(7-14,8-15)16-12(18)11-5-4-10(17)6-9(11)2/h4-6,17H,3,7-8H2,1-2H3,(H,16,18). The summed E-state index contributed by atoms with van der Waals surface area (Å²) < 4.78 is 0. The number of carbonyl (C=O) groups is 1. The molecule has 0 aliphatic heterocycles. The molecule has 0 saturated heterocycles. The van der Waals surface area contributed by atoms with Gasteiger partial charge >= 0.3 is 0 Å². The Morgan fingerprint density at radius 1 is 1.39 bits per heavy atom. The van der Waals surface area contributed by atoms with Gasteiger partial charge in [-0.15, -0.1) is 0 Å². The third-order valence-electron chi connectivity index (χ3n) is 3.02. The molecule has 0 spiro atoms. The summed E-state index contributed by atoms with van der Waals surface area (Å²) in [5.74, 6) is 0.0556. The number of rotatable bonds is 5. The maximum absolute atomic E-state index is 12.2. The van der Waals surface area contributed by atoms with E-state index in [1.807, 2.05) is 13.8 Å². The minimum absolute atomic E-state index is 0.117. The topological polar surface area (TPSA) is 49.3 Å². The van der Waals surface area contributed by atoms with E-state index in [4.69, 9.17) is 0 Å². The molecule has 1 rings (SSSR count). The fraction of sp³-hybridized carbons (Fsp3) is 0.462. The van der Waals surface area contributed by atoms with Crippen molar-refractivity contribution in [3.8, 4) is 5.75 Å². The van der Waals surface area contributed by atoms with Gasteiger partial charge in [0.05, 0.1) is 5.54 Å². The third-order valence-corrected chi connectivity index (χ3v) is 5.17. The second kappa shape index (κ2) is 6.57. The summed E-state index contributed by atoms with van der Waals surface area (Å²) in [7, 11) is 0. The first-order valence-corrected chi connectivity index (χ1v) is 7.96. The summed E-state index contributed by atoms with van der Waals surface area (Å²) in [6.45, 7) is 3.84. The van der Waals surface area contributed by atoms with Gasteiger partial charge in [0.1, 0.15) is 5.75 Å². The number of carbonyl (C=O) groups excluding carboxylic acids is 1. The lowest BCUT2D eigenvalue weighted by molar-refractivity contribution is 0.0915. The Balaban J connectivity index is 2.94. The molecular weight excluding hydrogens is 362 g/mol. The highest BCUT2D eigenvalue weighted by Gasteiger charge is 2.28. The van der Waals surface area contributed by atoms with Crippen molar-refractivity contribution in [2.75, 3.05) is 10.7 Å². The van der Waals surface area contributed by atoms with Gasteiger partial charge in [-0.2, -0.15) is 0 Å². The molecule has 0 heterocycles. The molecular formula is C13H17Br2NO2.